The predicted octanol–water partition coefficient (Wildman–Crippen LogP) is 4.11. The van der Waals surface area contributed by atoms with Crippen molar-refractivity contribution < 1.29 is 13.2 Å². The van der Waals surface area contributed by atoms with Crippen molar-refractivity contribution in [1.29, 1.82) is 0 Å². The Morgan fingerprint density at radius 3 is 2.52 bits per heavy atom. The topological polar surface area (TPSA) is 29.3 Å². The van der Waals surface area contributed by atoms with E-state index < -0.39 is 11.7 Å². The molecule has 0 amide bonds. The summed E-state index contributed by atoms with van der Waals surface area (Å²) in [5.74, 6) is 0. The molecule has 0 saturated heterocycles. The zero-order valence-electron chi connectivity index (χ0n) is 11.9. The van der Waals surface area contributed by atoms with Crippen molar-refractivity contribution in [2.24, 2.45) is 5.73 Å². The van der Waals surface area contributed by atoms with E-state index in [1.807, 2.05) is 0 Å². The van der Waals surface area contributed by atoms with Gasteiger partial charge < -0.3 is 10.6 Å². The third-order valence-corrected chi connectivity index (χ3v) is 3.87. The number of nitrogens with zero attached hydrogens (tertiary/aromatic N) is 1. The van der Waals surface area contributed by atoms with Gasteiger partial charge in [0.2, 0.25) is 0 Å². The molecule has 1 saturated carbocycles. The molecule has 0 radical (unpaired) electrons. The first-order valence-corrected chi connectivity index (χ1v) is 7.53. The summed E-state index contributed by atoms with van der Waals surface area (Å²) >= 11 is 4.73. The minimum atomic E-state index is -4.45. The summed E-state index contributed by atoms with van der Waals surface area (Å²) < 4.78 is 39.6. The second-order valence-corrected chi connectivity index (χ2v) is 5.81. The molecule has 1 fully saturated rings. The van der Waals surface area contributed by atoms with Crippen molar-refractivity contribution in [3.05, 3.63) is 29.3 Å². The third kappa shape index (κ3) is 3.87. The summed E-state index contributed by atoms with van der Waals surface area (Å²) in [7, 11) is 0. The summed E-state index contributed by atoms with van der Waals surface area (Å²) in [4.78, 5) is 1.85. The van der Waals surface area contributed by atoms with Crippen LogP contribution in [0, 0.1) is 0 Å². The lowest BCUT2D eigenvalue weighted by Gasteiger charge is -2.26. The van der Waals surface area contributed by atoms with Gasteiger partial charge in [-0.05, 0) is 37.5 Å². The molecule has 1 aromatic carbocycles. The maximum atomic E-state index is 13.2. The fourth-order valence-corrected chi connectivity index (χ4v) is 2.58. The second-order valence-electron chi connectivity index (χ2n) is 5.37. The van der Waals surface area contributed by atoms with Crippen LogP contribution in [0.1, 0.15) is 43.7 Å². The van der Waals surface area contributed by atoms with Gasteiger partial charge in [-0.15, -0.1) is 0 Å². The highest BCUT2D eigenvalue weighted by Gasteiger charge is 2.36. The molecular formula is C15H19F3N2S. The molecule has 21 heavy (non-hydrogen) atoms. The Labute approximate surface area is 128 Å². The molecule has 0 aliphatic heterocycles. The van der Waals surface area contributed by atoms with Crippen molar-refractivity contribution in [3.63, 3.8) is 0 Å². The molecule has 1 aliphatic rings. The molecule has 2 nitrogen and oxygen atoms in total. The van der Waals surface area contributed by atoms with Gasteiger partial charge in [-0.25, -0.2) is 0 Å². The number of hydrogen-bond acceptors (Lipinski definition) is 2. The highest BCUT2D eigenvalue weighted by Crippen LogP contribution is 2.37. The minimum Gasteiger partial charge on any atom is -0.389 e. The summed E-state index contributed by atoms with van der Waals surface area (Å²) in [6.07, 6.45) is -0.381. The molecular weight excluding hydrogens is 297 g/mol. The molecule has 2 N–H and O–H groups in total. The Morgan fingerprint density at radius 1 is 1.38 bits per heavy atom. The number of benzene rings is 1. The van der Waals surface area contributed by atoms with Crippen LogP contribution in [-0.4, -0.2) is 17.6 Å². The van der Waals surface area contributed by atoms with E-state index in [0.29, 0.717) is 11.7 Å². The van der Waals surface area contributed by atoms with Crippen molar-refractivity contribution in [3.8, 4) is 0 Å². The van der Waals surface area contributed by atoms with Crippen LogP contribution in [0.4, 0.5) is 18.9 Å². The highest BCUT2D eigenvalue weighted by atomic mass is 32.1. The van der Waals surface area contributed by atoms with E-state index in [2.05, 4.69) is 11.8 Å². The SMILES string of the molecule is CCCCN(c1ccc(C(N)=S)c(C(F)(F)F)c1)C1CC1. The van der Waals surface area contributed by atoms with Gasteiger partial charge in [-0.3, -0.25) is 0 Å². The van der Waals surface area contributed by atoms with Crippen molar-refractivity contribution in [2.45, 2.75) is 44.8 Å². The van der Waals surface area contributed by atoms with Crippen LogP contribution < -0.4 is 10.6 Å². The number of nitrogens with two attached hydrogens (primary N) is 1. The molecule has 0 aromatic heterocycles. The molecule has 0 unspecified atom stereocenters. The van der Waals surface area contributed by atoms with E-state index in [0.717, 1.165) is 32.2 Å². The largest absolute Gasteiger partial charge is 0.417 e. The van der Waals surface area contributed by atoms with Crippen molar-refractivity contribution in [2.75, 3.05) is 11.4 Å². The quantitative estimate of drug-likeness (QED) is 0.801. The van der Waals surface area contributed by atoms with Gasteiger partial charge in [0.1, 0.15) is 4.99 Å². The maximum Gasteiger partial charge on any atom is 0.417 e. The zero-order valence-corrected chi connectivity index (χ0v) is 12.7. The number of anilines is 1. The van der Waals surface area contributed by atoms with Gasteiger partial charge in [0.25, 0.3) is 0 Å². The van der Waals surface area contributed by atoms with Crippen LogP contribution in [0.25, 0.3) is 0 Å². The smallest absolute Gasteiger partial charge is 0.389 e. The number of rotatable bonds is 6. The van der Waals surface area contributed by atoms with Gasteiger partial charge in [-0.1, -0.05) is 25.6 Å². The molecule has 1 aliphatic carbocycles. The first kappa shape index (κ1) is 16.1. The molecule has 0 heterocycles. The van der Waals surface area contributed by atoms with E-state index in [-0.39, 0.29) is 10.6 Å². The summed E-state index contributed by atoms with van der Waals surface area (Å²) in [5, 5.41) is 0. The van der Waals surface area contributed by atoms with Gasteiger partial charge in [0, 0.05) is 23.8 Å². The van der Waals surface area contributed by atoms with E-state index in [1.165, 1.54) is 12.1 Å². The fraction of sp³-hybridized carbons (Fsp3) is 0.533. The van der Waals surface area contributed by atoms with Crippen LogP contribution >= 0.6 is 12.2 Å². The maximum absolute atomic E-state index is 13.2. The lowest BCUT2D eigenvalue weighted by atomic mass is 10.0. The van der Waals surface area contributed by atoms with Crippen LogP contribution in [-0.2, 0) is 6.18 Å². The molecule has 0 atom stereocenters. The van der Waals surface area contributed by atoms with Gasteiger partial charge in [0.05, 0.1) is 5.56 Å². The third-order valence-electron chi connectivity index (χ3n) is 3.65. The number of thiocarbonyl (C=S) groups is 1. The van der Waals surface area contributed by atoms with Gasteiger partial charge in [-0.2, -0.15) is 13.2 Å². The Hall–Kier alpha value is -1.30. The average molecular weight is 316 g/mol. The van der Waals surface area contributed by atoms with Gasteiger partial charge >= 0.3 is 6.18 Å². The van der Waals surface area contributed by atoms with Crippen LogP contribution in [0.5, 0.6) is 0 Å². The molecule has 116 valence electrons. The van der Waals surface area contributed by atoms with E-state index in [4.69, 9.17) is 18.0 Å². The molecule has 0 bridgehead atoms. The predicted molar refractivity (Wildman–Crippen MR) is 82.6 cm³/mol. The Balaban J connectivity index is 2.37. The standard InChI is InChI=1S/C15H19F3N2S/c1-2-3-8-20(10-4-5-10)11-6-7-12(14(19)21)13(9-11)15(16,17)18/h6-7,9-10H,2-5,8H2,1H3,(H2,19,21). The van der Waals surface area contributed by atoms with E-state index in [1.54, 1.807) is 6.07 Å². The molecule has 2 rings (SSSR count). The van der Waals surface area contributed by atoms with Gasteiger partial charge in [0.15, 0.2) is 0 Å². The average Bonchev–Trinajstić information content (AvgIpc) is 3.22. The van der Waals surface area contributed by atoms with Crippen LogP contribution in [0.15, 0.2) is 18.2 Å². The van der Waals surface area contributed by atoms with Crippen LogP contribution in [0.3, 0.4) is 0 Å². The van der Waals surface area contributed by atoms with E-state index in [9.17, 15) is 13.2 Å². The van der Waals surface area contributed by atoms with E-state index >= 15 is 0 Å². The minimum absolute atomic E-state index is 0.104. The lowest BCUT2D eigenvalue weighted by Crippen LogP contribution is -2.27. The van der Waals surface area contributed by atoms with Crippen molar-refractivity contribution in [1.82, 2.24) is 0 Å². The van der Waals surface area contributed by atoms with Crippen molar-refractivity contribution >= 4 is 22.9 Å². The Morgan fingerprint density at radius 2 is 2.05 bits per heavy atom. The highest BCUT2D eigenvalue weighted by molar-refractivity contribution is 7.80. The number of unbranched alkanes of at least 4 members (excludes halogenated alkanes) is 1. The first-order chi connectivity index (χ1) is 9.84. The fourth-order valence-electron chi connectivity index (χ4n) is 2.40. The normalized spacial score (nSPS) is 15.0. The number of hydrogen-bond donors (Lipinski definition) is 1. The number of halogens is 3. The summed E-state index contributed by atoms with van der Waals surface area (Å²) in [6.45, 7) is 2.85. The molecule has 6 heteroatoms. The Bertz CT molecular complexity index is 524. The molecule has 0 spiro atoms. The lowest BCUT2D eigenvalue weighted by molar-refractivity contribution is -0.137. The zero-order chi connectivity index (χ0) is 15.6. The monoisotopic (exact) mass is 316 g/mol. The number of alkyl halides is 3. The summed E-state index contributed by atoms with van der Waals surface area (Å²) in [6, 6.07) is 4.63. The molecule has 1 aromatic rings. The summed E-state index contributed by atoms with van der Waals surface area (Å²) in [5.41, 5.74) is 5.17. The van der Waals surface area contributed by atoms with Crippen LogP contribution in [0.2, 0.25) is 0 Å². The first-order valence-electron chi connectivity index (χ1n) is 7.12. The second kappa shape index (κ2) is 6.22. The Kier molecular flexibility index (Phi) is 4.76.